The SMILES string of the molecule is CCCOc1ccccc1CCCNC(=O)c1cccc(NS(C)(=O)=O)c1C. The summed E-state index contributed by atoms with van der Waals surface area (Å²) in [4.78, 5) is 12.5. The molecule has 0 fully saturated rings. The van der Waals surface area contributed by atoms with Gasteiger partial charge in [0, 0.05) is 12.1 Å². The largest absolute Gasteiger partial charge is 0.493 e. The van der Waals surface area contributed by atoms with Crippen molar-refractivity contribution in [2.24, 2.45) is 0 Å². The third-order valence-electron chi connectivity index (χ3n) is 4.22. The summed E-state index contributed by atoms with van der Waals surface area (Å²) in [5, 5.41) is 2.91. The van der Waals surface area contributed by atoms with Crippen molar-refractivity contribution in [1.29, 1.82) is 0 Å². The molecular weight excluding hydrogens is 376 g/mol. The predicted octanol–water partition coefficient (Wildman–Crippen LogP) is 3.52. The second kappa shape index (κ2) is 10.1. The van der Waals surface area contributed by atoms with Crippen molar-refractivity contribution >= 4 is 21.6 Å². The number of anilines is 1. The minimum absolute atomic E-state index is 0.217. The van der Waals surface area contributed by atoms with Crippen LogP contribution in [0.1, 0.15) is 41.3 Å². The van der Waals surface area contributed by atoms with Gasteiger partial charge < -0.3 is 10.1 Å². The molecule has 0 aliphatic carbocycles. The van der Waals surface area contributed by atoms with Gasteiger partial charge in [-0.1, -0.05) is 31.2 Å². The zero-order valence-electron chi connectivity index (χ0n) is 16.6. The summed E-state index contributed by atoms with van der Waals surface area (Å²) in [6, 6.07) is 12.9. The highest BCUT2D eigenvalue weighted by atomic mass is 32.2. The van der Waals surface area contributed by atoms with E-state index in [1.54, 1.807) is 25.1 Å². The number of ether oxygens (including phenoxy) is 1. The number of rotatable bonds is 10. The van der Waals surface area contributed by atoms with Crippen molar-refractivity contribution in [2.45, 2.75) is 33.1 Å². The van der Waals surface area contributed by atoms with Gasteiger partial charge in [-0.05, 0) is 55.5 Å². The van der Waals surface area contributed by atoms with E-state index >= 15 is 0 Å². The quantitative estimate of drug-likeness (QED) is 0.594. The van der Waals surface area contributed by atoms with Crippen LogP contribution in [0.15, 0.2) is 42.5 Å². The first-order chi connectivity index (χ1) is 13.3. The number of sulfonamides is 1. The number of benzene rings is 2. The normalized spacial score (nSPS) is 11.1. The Labute approximate surface area is 167 Å². The maximum atomic E-state index is 12.5. The fourth-order valence-corrected chi connectivity index (χ4v) is 3.45. The first-order valence-corrected chi connectivity index (χ1v) is 11.3. The molecule has 0 unspecified atom stereocenters. The topological polar surface area (TPSA) is 84.5 Å². The summed E-state index contributed by atoms with van der Waals surface area (Å²) in [5.41, 5.74) is 2.60. The van der Waals surface area contributed by atoms with Crippen molar-refractivity contribution < 1.29 is 17.9 Å². The summed E-state index contributed by atoms with van der Waals surface area (Å²) in [6.07, 6.45) is 3.62. The number of hydrogen-bond acceptors (Lipinski definition) is 4. The number of nitrogens with one attached hydrogen (secondary N) is 2. The molecule has 0 aliphatic rings. The molecule has 2 aromatic carbocycles. The molecule has 2 rings (SSSR count). The molecule has 0 aromatic heterocycles. The zero-order valence-corrected chi connectivity index (χ0v) is 17.4. The summed E-state index contributed by atoms with van der Waals surface area (Å²) in [7, 11) is -3.40. The van der Waals surface area contributed by atoms with Crippen molar-refractivity contribution in [1.82, 2.24) is 5.32 Å². The van der Waals surface area contributed by atoms with Gasteiger partial charge in [0.2, 0.25) is 10.0 Å². The average molecular weight is 405 g/mol. The summed E-state index contributed by atoms with van der Waals surface area (Å²) in [5.74, 6) is 0.677. The lowest BCUT2D eigenvalue weighted by Crippen LogP contribution is -2.26. The Balaban J connectivity index is 1.93. The zero-order chi connectivity index (χ0) is 20.6. The molecule has 0 bridgehead atoms. The Bertz CT molecular complexity index is 910. The van der Waals surface area contributed by atoms with Crippen LogP contribution in [0.5, 0.6) is 5.75 Å². The van der Waals surface area contributed by atoms with Gasteiger partial charge in [0.1, 0.15) is 5.75 Å². The number of amides is 1. The molecule has 2 N–H and O–H groups in total. The van der Waals surface area contributed by atoms with E-state index in [0.717, 1.165) is 36.8 Å². The number of hydrogen-bond donors (Lipinski definition) is 2. The van der Waals surface area contributed by atoms with Crippen LogP contribution >= 0.6 is 0 Å². The van der Waals surface area contributed by atoms with Crippen molar-refractivity contribution in [3.8, 4) is 5.75 Å². The van der Waals surface area contributed by atoms with Crippen LogP contribution in [0, 0.1) is 6.92 Å². The highest BCUT2D eigenvalue weighted by molar-refractivity contribution is 7.92. The lowest BCUT2D eigenvalue weighted by atomic mass is 10.1. The second-order valence-corrected chi connectivity index (χ2v) is 8.42. The lowest BCUT2D eigenvalue weighted by Gasteiger charge is -2.13. The number of para-hydroxylation sites is 1. The van der Waals surface area contributed by atoms with Crippen LogP contribution in [-0.4, -0.2) is 33.7 Å². The van der Waals surface area contributed by atoms with E-state index in [-0.39, 0.29) is 5.91 Å². The van der Waals surface area contributed by atoms with Gasteiger partial charge in [-0.2, -0.15) is 0 Å². The van der Waals surface area contributed by atoms with E-state index in [2.05, 4.69) is 17.0 Å². The van der Waals surface area contributed by atoms with Crippen molar-refractivity contribution in [2.75, 3.05) is 24.1 Å². The maximum absolute atomic E-state index is 12.5. The molecule has 1 amide bonds. The van der Waals surface area contributed by atoms with Crippen LogP contribution in [0.4, 0.5) is 5.69 Å². The van der Waals surface area contributed by atoms with E-state index in [9.17, 15) is 13.2 Å². The van der Waals surface area contributed by atoms with Crippen LogP contribution in [0.25, 0.3) is 0 Å². The number of carbonyl (C=O) groups is 1. The monoisotopic (exact) mass is 404 g/mol. The molecular formula is C21H28N2O4S. The Morgan fingerprint density at radius 1 is 1.11 bits per heavy atom. The van der Waals surface area contributed by atoms with Gasteiger partial charge in [-0.25, -0.2) is 8.42 Å². The van der Waals surface area contributed by atoms with E-state index in [4.69, 9.17) is 4.74 Å². The molecule has 0 aliphatic heterocycles. The highest BCUT2D eigenvalue weighted by Crippen LogP contribution is 2.21. The first kappa shape index (κ1) is 21.8. The molecule has 0 saturated heterocycles. The van der Waals surface area contributed by atoms with Crippen LogP contribution in [-0.2, 0) is 16.4 Å². The van der Waals surface area contributed by atoms with E-state index in [1.807, 2.05) is 24.3 Å². The highest BCUT2D eigenvalue weighted by Gasteiger charge is 2.13. The smallest absolute Gasteiger partial charge is 0.251 e. The predicted molar refractivity (Wildman–Crippen MR) is 113 cm³/mol. The summed E-state index contributed by atoms with van der Waals surface area (Å²) in [6.45, 7) is 5.00. The van der Waals surface area contributed by atoms with Crippen LogP contribution < -0.4 is 14.8 Å². The van der Waals surface area contributed by atoms with Crippen molar-refractivity contribution in [3.63, 3.8) is 0 Å². The summed E-state index contributed by atoms with van der Waals surface area (Å²) >= 11 is 0. The molecule has 0 saturated carbocycles. The molecule has 0 radical (unpaired) electrons. The molecule has 7 heteroatoms. The molecule has 0 heterocycles. The van der Waals surface area contributed by atoms with Gasteiger partial charge in [-0.3, -0.25) is 9.52 Å². The Morgan fingerprint density at radius 2 is 1.86 bits per heavy atom. The van der Waals surface area contributed by atoms with Gasteiger partial charge in [0.25, 0.3) is 5.91 Å². The van der Waals surface area contributed by atoms with Crippen molar-refractivity contribution in [3.05, 3.63) is 59.2 Å². The molecule has 0 atom stereocenters. The maximum Gasteiger partial charge on any atom is 0.251 e. The Kier molecular flexibility index (Phi) is 7.87. The van der Waals surface area contributed by atoms with Gasteiger partial charge >= 0.3 is 0 Å². The standard InChI is InChI=1S/C21H28N2O4S/c1-4-15-27-20-13-6-5-9-17(20)10-8-14-22-21(24)18-11-7-12-19(16(18)2)23-28(3,25)26/h5-7,9,11-13,23H,4,8,10,14-15H2,1-3H3,(H,22,24). The third kappa shape index (κ3) is 6.56. The lowest BCUT2D eigenvalue weighted by molar-refractivity contribution is 0.0952. The van der Waals surface area contributed by atoms with Gasteiger partial charge in [-0.15, -0.1) is 0 Å². The molecule has 0 spiro atoms. The average Bonchev–Trinajstić information content (AvgIpc) is 2.64. The molecule has 152 valence electrons. The number of aryl methyl sites for hydroxylation is 1. The Hall–Kier alpha value is -2.54. The fraction of sp³-hybridized carbons (Fsp3) is 0.381. The minimum atomic E-state index is -3.40. The van der Waals surface area contributed by atoms with E-state index in [0.29, 0.717) is 30.0 Å². The molecule has 6 nitrogen and oxygen atoms in total. The Morgan fingerprint density at radius 3 is 2.57 bits per heavy atom. The van der Waals surface area contributed by atoms with Crippen LogP contribution in [0.2, 0.25) is 0 Å². The first-order valence-electron chi connectivity index (χ1n) is 9.38. The van der Waals surface area contributed by atoms with Gasteiger partial charge in [0.15, 0.2) is 0 Å². The summed E-state index contributed by atoms with van der Waals surface area (Å²) < 4.78 is 31.1. The molecule has 28 heavy (non-hydrogen) atoms. The van der Waals surface area contributed by atoms with Crippen LogP contribution in [0.3, 0.4) is 0 Å². The second-order valence-electron chi connectivity index (χ2n) is 6.67. The van der Waals surface area contributed by atoms with E-state index < -0.39 is 10.0 Å². The van der Waals surface area contributed by atoms with Gasteiger partial charge in [0.05, 0.1) is 18.6 Å². The number of carbonyl (C=O) groups excluding carboxylic acids is 1. The molecule has 2 aromatic rings. The fourth-order valence-electron chi connectivity index (χ4n) is 2.83. The van der Waals surface area contributed by atoms with E-state index in [1.165, 1.54) is 0 Å². The third-order valence-corrected chi connectivity index (χ3v) is 4.81. The minimum Gasteiger partial charge on any atom is -0.493 e.